The summed E-state index contributed by atoms with van der Waals surface area (Å²) in [6.07, 6.45) is 2.30. The number of rotatable bonds is 2. The highest BCUT2D eigenvalue weighted by atomic mass is 15.1. The van der Waals surface area contributed by atoms with Gasteiger partial charge >= 0.3 is 0 Å². The Bertz CT molecular complexity index is 3960. The quantitative estimate of drug-likeness (QED) is 0.153. The maximum Gasteiger partial charge on any atom is 0.252 e. The first kappa shape index (κ1) is 41.0. The summed E-state index contributed by atoms with van der Waals surface area (Å²) in [5, 5.41) is 4.07. The van der Waals surface area contributed by atoms with E-state index >= 15 is 0 Å². The Morgan fingerprint density at radius 2 is 1.03 bits per heavy atom. The fourth-order valence-electron chi connectivity index (χ4n) is 14.9. The lowest BCUT2D eigenvalue weighted by Gasteiger charge is -2.47. The van der Waals surface area contributed by atoms with Crippen molar-refractivity contribution in [2.75, 3.05) is 0 Å². The van der Waals surface area contributed by atoms with E-state index in [9.17, 15) is 0 Å². The van der Waals surface area contributed by atoms with Gasteiger partial charge in [0.2, 0.25) is 0 Å². The van der Waals surface area contributed by atoms with Gasteiger partial charge in [0.15, 0.2) is 0 Å². The molecule has 340 valence electrons. The molecule has 0 fully saturated rings. The van der Waals surface area contributed by atoms with Gasteiger partial charge < -0.3 is 9.13 Å². The van der Waals surface area contributed by atoms with E-state index in [2.05, 4.69) is 230 Å². The minimum Gasteiger partial charge on any atom is -0.310 e. The molecule has 2 aromatic heterocycles. The molecule has 0 radical (unpaired) electrons. The maximum absolute atomic E-state index is 2.78. The van der Waals surface area contributed by atoms with Gasteiger partial charge in [0, 0.05) is 44.1 Å². The predicted octanol–water partition coefficient (Wildman–Crippen LogP) is 14.8. The standard InChI is InChI=1S/C67H59BN2/c1-63(2,3)40-29-25-38(26-30-40)54-46-37-51-55(66(9,10)36-35-65(51,7)8)57-61(46)69(58(54)39-27-31-41(32-28-39)64(4,5)6)53-34-33-50-62-56(53)68(57)52-24-16-20-45-44-19-15-23-49(59(44)70(62)60(45)52)67(50)47-21-13-11-17-42(47)43-18-12-14-22-48(43)67/h11-34,37H,35-36H2,1-10H3. The van der Waals surface area contributed by atoms with Crippen LogP contribution in [0.4, 0.5) is 0 Å². The van der Waals surface area contributed by atoms with Crippen LogP contribution in [0.1, 0.15) is 127 Å². The van der Waals surface area contributed by atoms with Crippen LogP contribution in [-0.4, -0.2) is 15.8 Å². The van der Waals surface area contributed by atoms with E-state index in [1.165, 1.54) is 133 Å². The van der Waals surface area contributed by atoms with Crippen LogP contribution in [-0.2, 0) is 27.1 Å². The van der Waals surface area contributed by atoms with Crippen LogP contribution in [0.15, 0.2) is 152 Å². The molecule has 70 heavy (non-hydrogen) atoms. The summed E-state index contributed by atoms with van der Waals surface area (Å²) < 4.78 is 5.54. The molecule has 5 aliphatic rings. The van der Waals surface area contributed by atoms with Gasteiger partial charge in [-0.1, -0.05) is 209 Å². The second kappa shape index (κ2) is 12.9. The number of hydrogen-bond acceptors (Lipinski definition) is 0. The van der Waals surface area contributed by atoms with E-state index in [0.29, 0.717) is 0 Å². The van der Waals surface area contributed by atoms with Crippen molar-refractivity contribution in [1.82, 2.24) is 9.13 Å². The Morgan fingerprint density at radius 1 is 0.457 bits per heavy atom. The van der Waals surface area contributed by atoms with Crippen LogP contribution >= 0.6 is 0 Å². The summed E-state index contributed by atoms with van der Waals surface area (Å²) >= 11 is 0. The van der Waals surface area contributed by atoms with Gasteiger partial charge in [-0.15, -0.1) is 0 Å². The summed E-state index contributed by atoms with van der Waals surface area (Å²) in [5.74, 6) is 0. The summed E-state index contributed by atoms with van der Waals surface area (Å²) in [6.45, 7) is 24.2. The molecule has 0 N–H and O–H groups in total. The van der Waals surface area contributed by atoms with Crippen molar-refractivity contribution in [2.24, 2.45) is 0 Å². The highest BCUT2D eigenvalue weighted by Crippen LogP contribution is 2.62. The number of para-hydroxylation sites is 2. The Labute approximate surface area is 413 Å². The molecule has 0 saturated carbocycles. The van der Waals surface area contributed by atoms with Gasteiger partial charge in [0.1, 0.15) is 0 Å². The third kappa shape index (κ3) is 4.78. The molecule has 3 aliphatic heterocycles. The van der Waals surface area contributed by atoms with Crippen LogP contribution in [0.5, 0.6) is 0 Å². The van der Waals surface area contributed by atoms with Gasteiger partial charge in [-0.2, -0.15) is 0 Å². The normalized spacial score (nSPS) is 16.9. The lowest BCUT2D eigenvalue weighted by molar-refractivity contribution is 0.334. The maximum atomic E-state index is 2.78. The fourth-order valence-corrected chi connectivity index (χ4v) is 14.9. The summed E-state index contributed by atoms with van der Waals surface area (Å²) in [4.78, 5) is 0. The topological polar surface area (TPSA) is 9.86 Å². The molecular formula is C67H59BN2. The second-order valence-electron chi connectivity index (χ2n) is 25.0. The molecular weight excluding hydrogens is 844 g/mol. The molecule has 2 nitrogen and oxygen atoms in total. The van der Waals surface area contributed by atoms with Crippen molar-refractivity contribution in [2.45, 2.75) is 109 Å². The minimum absolute atomic E-state index is 0.0122. The average Bonchev–Trinajstić information content (AvgIpc) is 3.98. The fraction of sp³-hybridized carbons (Fsp3) is 0.254. The summed E-state index contributed by atoms with van der Waals surface area (Å²) in [7, 11) is 0. The molecule has 15 rings (SSSR count). The van der Waals surface area contributed by atoms with Gasteiger partial charge in [-0.3, -0.25) is 0 Å². The highest BCUT2D eigenvalue weighted by molar-refractivity contribution is 7.00. The van der Waals surface area contributed by atoms with Crippen LogP contribution in [0.2, 0.25) is 0 Å². The van der Waals surface area contributed by atoms with E-state index in [-0.39, 0.29) is 28.4 Å². The zero-order chi connectivity index (χ0) is 47.8. The number of hydrogen-bond donors (Lipinski definition) is 0. The van der Waals surface area contributed by atoms with Crippen molar-refractivity contribution < 1.29 is 0 Å². The smallest absolute Gasteiger partial charge is 0.252 e. The molecule has 0 saturated heterocycles. The lowest BCUT2D eigenvalue weighted by atomic mass is 9.32. The predicted molar refractivity (Wildman–Crippen MR) is 297 cm³/mol. The molecule has 10 aromatic rings. The van der Waals surface area contributed by atoms with E-state index < -0.39 is 5.41 Å². The third-order valence-corrected chi connectivity index (χ3v) is 18.3. The first-order chi connectivity index (χ1) is 33.5. The molecule has 1 spiro atoms. The monoisotopic (exact) mass is 902 g/mol. The van der Waals surface area contributed by atoms with E-state index in [0.717, 1.165) is 12.8 Å². The molecule has 2 aliphatic carbocycles. The van der Waals surface area contributed by atoms with E-state index in [4.69, 9.17) is 0 Å². The van der Waals surface area contributed by atoms with Crippen molar-refractivity contribution in [3.05, 3.63) is 196 Å². The summed E-state index contributed by atoms with van der Waals surface area (Å²) in [6, 6.07) is 60.2. The molecule has 3 heteroatoms. The molecule has 0 atom stereocenters. The van der Waals surface area contributed by atoms with Gasteiger partial charge in [0.05, 0.1) is 16.6 Å². The second-order valence-corrected chi connectivity index (χ2v) is 25.0. The first-order valence-electron chi connectivity index (χ1n) is 25.9. The van der Waals surface area contributed by atoms with Gasteiger partial charge in [0.25, 0.3) is 6.71 Å². The Hall–Kier alpha value is -6.84. The third-order valence-electron chi connectivity index (χ3n) is 18.3. The van der Waals surface area contributed by atoms with Gasteiger partial charge in [-0.05, 0) is 130 Å². The van der Waals surface area contributed by atoms with Crippen molar-refractivity contribution in [1.29, 1.82) is 0 Å². The number of benzene rings is 8. The Kier molecular flexibility index (Phi) is 7.57. The largest absolute Gasteiger partial charge is 0.310 e. The zero-order valence-electron chi connectivity index (χ0n) is 42.3. The van der Waals surface area contributed by atoms with Crippen LogP contribution in [0.3, 0.4) is 0 Å². The highest BCUT2D eigenvalue weighted by Gasteiger charge is 2.55. The van der Waals surface area contributed by atoms with Crippen LogP contribution < -0.4 is 16.4 Å². The van der Waals surface area contributed by atoms with E-state index in [1.807, 2.05) is 0 Å². The van der Waals surface area contributed by atoms with E-state index in [1.54, 1.807) is 5.56 Å². The molecule has 0 bridgehead atoms. The first-order valence-corrected chi connectivity index (χ1v) is 25.9. The molecule has 8 aromatic carbocycles. The molecule has 5 heterocycles. The van der Waals surface area contributed by atoms with Crippen LogP contribution in [0, 0.1) is 0 Å². The number of aromatic nitrogens is 2. The number of fused-ring (bicyclic) bond motifs is 13. The molecule has 0 amide bonds. The SMILES string of the molecule is CC(C)(C)c1ccc(-c2c(-c3ccc(C(C)(C)C)cc3)n3c4c(c5c(cc24)C(C)(C)CCC5(C)C)B2c4c-3ccc3c4-n4c5c2cccc5c2cccc(c24)C32c3ccccc3-c3ccccc32)cc1. The number of nitrogens with zero attached hydrogens (tertiary/aromatic N) is 2. The van der Waals surface area contributed by atoms with Crippen molar-refractivity contribution in [3.8, 4) is 44.9 Å². The van der Waals surface area contributed by atoms with Gasteiger partial charge in [-0.25, -0.2) is 0 Å². The zero-order valence-corrected chi connectivity index (χ0v) is 42.3. The lowest BCUT2D eigenvalue weighted by Crippen LogP contribution is -2.62. The summed E-state index contributed by atoms with van der Waals surface area (Å²) in [5.41, 5.74) is 29.9. The minimum atomic E-state index is -0.501. The average molecular weight is 903 g/mol. The Morgan fingerprint density at radius 3 is 1.67 bits per heavy atom. The Balaban J connectivity index is 1.19. The van der Waals surface area contributed by atoms with Crippen molar-refractivity contribution >= 4 is 55.8 Å². The van der Waals surface area contributed by atoms with Crippen molar-refractivity contribution in [3.63, 3.8) is 0 Å². The molecule has 0 unspecified atom stereocenters. The van der Waals surface area contributed by atoms with Crippen LogP contribution in [0.25, 0.3) is 77.6 Å².